The van der Waals surface area contributed by atoms with Crippen LogP contribution < -0.4 is 0 Å². The number of aromatic nitrogens is 2. The van der Waals surface area contributed by atoms with Crippen molar-refractivity contribution in [2.24, 2.45) is 5.92 Å². The Morgan fingerprint density at radius 2 is 2.04 bits per heavy atom. The first-order valence-electron chi connectivity index (χ1n) is 6.90. The largest absolute Gasteiger partial charge is 0.481 e. The smallest absolute Gasteiger partial charge is 0.307 e. The van der Waals surface area contributed by atoms with E-state index in [4.69, 9.17) is 9.84 Å². The first kappa shape index (κ1) is 16.5. The summed E-state index contributed by atoms with van der Waals surface area (Å²) < 4.78 is 5.02. The maximum Gasteiger partial charge on any atom is 0.307 e. The molecule has 0 spiro atoms. The Bertz CT molecular complexity index is 752. The second-order valence-electron chi connectivity index (χ2n) is 5.15. The standard InChI is InChI=1S/C15H16N2O6/c1-8(18)23-7-12-9(2-3-13-11(12)6-16-17-13)4-10(15(21)22)5-14(19)20/h2-3,6,10H,4-5,7H2,1H3,(H,16,17)(H,19,20)(H,21,22)/t10-/m1/s1. The van der Waals surface area contributed by atoms with Crippen LogP contribution in [0.2, 0.25) is 0 Å². The van der Waals surface area contributed by atoms with Crippen LogP contribution in [0.1, 0.15) is 24.5 Å². The zero-order valence-corrected chi connectivity index (χ0v) is 12.4. The first-order valence-corrected chi connectivity index (χ1v) is 6.90. The molecule has 0 fully saturated rings. The van der Waals surface area contributed by atoms with Crippen molar-refractivity contribution in [1.29, 1.82) is 0 Å². The molecule has 23 heavy (non-hydrogen) atoms. The molecular formula is C15H16N2O6. The summed E-state index contributed by atoms with van der Waals surface area (Å²) in [5.41, 5.74) is 1.97. The van der Waals surface area contributed by atoms with E-state index in [-0.39, 0.29) is 13.0 Å². The summed E-state index contributed by atoms with van der Waals surface area (Å²) in [6, 6.07) is 3.42. The van der Waals surface area contributed by atoms with Gasteiger partial charge in [0.05, 0.1) is 24.1 Å². The van der Waals surface area contributed by atoms with Crippen LogP contribution in [-0.4, -0.2) is 38.3 Å². The third-order valence-corrected chi connectivity index (χ3v) is 3.49. The highest BCUT2D eigenvalue weighted by Crippen LogP contribution is 2.25. The summed E-state index contributed by atoms with van der Waals surface area (Å²) in [7, 11) is 0. The average molecular weight is 320 g/mol. The molecule has 0 saturated carbocycles. The number of H-pyrrole nitrogens is 1. The van der Waals surface area contributed by atoms with E-state index < -0.39 is 30.2 Å². The topological polar surface area (TPSA) is 130 Å². The predicted molar refractivity (Wildman–Crippen MR) is 78.6 cm³/mol. The van der Waals surface area contributed by atoms with Crippen LogP contribution in [0.5, 0.6) is 0 Å². The highest BCUT2D eigenvalue weighted by Gasteiger charge is 2.23. The van der Waals surface area contributed by atoms with Crippen LogP contribution in [0.4, 0.5) is 0 Å². The molecule has 122 valence electrons. The van der Waals surface area contributed by atoms with E-state index in [2.05, 4.69) is 10.2 Å². The maximum atomic E-state index is 11.3. The Balaban J connectivity index is 2.37. The van der Waals surface area contributed by atoms with Crippen LogP contribution in [0.15, 0.2) is 18.3 Å². The SMILES string of the molecule is CC(=O)OCc1c(C[C@H](CC(=O)O)C(=O)O)ccc2[nH]ncc12. The van der Waals surface area contributed by atoms with Gasteiger partial charge in [-0.3, -0.25) is 19.5 Å². The third-order valence-electron chi connectivity index (χ3n) is 3.49. The van der Waals surface area contributed by atoms with E-state index >= 15 is 0 Å². The normalized spacial score (nSPS) is 12.0. The number of carbonyl (C=O) groups excluding carboxylic acids is 1. The molecule has 0 aliphatic heterocycles. The number of esters is 1. The monoisotopic (exact) mass is 320 g/mol. The molecule has 0 bridgehead atoms. The van der Waals surface area contributed by atoms with Crippen molar-refractivity contribution in [3.63, 3.8) is 0 Å². The van der Waals surface area contributed by atoms with Gasteiger partial charge in [-0.05, 0) is 18.1 Å². The summed E-state index contributed by atoms with van der Waals surface area (Å²) in [6.45, 7) is 1.25. The molecule has 8 nitrogen and oxygen atoms in total. The van der Waals surface area contributed by atoms with Crippen LogP contribution in [0.3, 0.4) is 0 Å². The van der Waals surface area contributed by atoms with Gasteiger partial charge in [0, 0.05) is 17.9 Å². The number of aliphatic carboxylic acids is 2. The van der Waals surface area contributed by atoms with Crippen molar-refractivity contribution in [3.05, 3.63) is 29.5 Å². The number of hydrogen-bond donors (Lipinski definition) is 3. The number of nitrogens with zero attached hydrogens (tertiary/aromatic N) is 1. The van der Waals surface area contributed by atoms with E-state index in [1.807, 2.05) is 0 Å². The second kappa shape index (κ2) is 6.91. The Labute approximate surface area is 131 Å². The van der Waals surface area contributed by atoms with Crippen molar-refractivity contribution >= 4 is 28.8 Å². The molecule has 8 heteroatoms. The summed E-state index contributed by atoms with van der Waals surface area (Å²) in [5, 5.41) is 25.5. The fourth-order valence-corrected chi connectivity index (χ4v) is 2.38. The lowest BCUT2D eigenvalue weighted by Crippen LogP contribution is -2.21. The van der Waals surface area contributed by atoms with Gasteiger partial charge in [0.1, 0.15) is 6.61 Å². The fraction of sp³-hybridized carbons (Fsp3) is 0.333. The molecular weight excluding hydrogens is 304 g/mol. The number of rotatable bonds is 7. The molecule has 0 saturated heterocycles. The molecule has 0 aliphatic rings. The van der Waals surface area contributed by atoms with E-state index in [1.54, 1.807) is 18.3 Å². The van der Waals surface area contributed by atoms with Crippen molar-refractivity contribution in [2.75, 3.05) is 0 Å². The Morgan fingerprint density at radius 1 is 1.30 bits per heavy atom. The summed E-state index contributed by atoms with van der Waals surface area (Å²) in [6.07, 6.45) is 1.11. The van der Waals surface area contributed by atoms with Crippen molar-refractivity contribution < 1.29 is 29.3 Å². The van der Waals surface area contributed by atoms with Crippen molar-refractivity contribution in [3.8, 4) is 0 Å². The molecule has 1 aromatic heterocycles. The number of carbonyl (C=O) groups is 3. The van der Waals surface area contributed by atoms with Gasteiger partial charge in [-0.1, -0.05) is 6.07 Å². The minimum atomic E-state index is -1.18. The zero-order chi connectivity index (χ0) is 17.0. The lowest BCUT2D eigenvalue weighted by Gasteiger charge is -2.14. The molecule has 0 aliphatic carbocycles. The molecule has 1 heterocycles. The van der Waals surface area contributed by atoms with Gasteiger partial charge in [-0.25, -0.2) is 0 Å². The molecule has 2 aromatic rings. The summed E-state index contributed by atoms with van der Waals surface area (Å²) in [4.78, 5) is 33.2. The molecule has 1 atom stereocenters. The summed E-state index contributed by atoms with van der Waals surface area (Å²) in [5.74, 6) is -3.88. The molecule has 3 N–H and O–H groups in total. The molecule has 1 aromatic carbocycles. The van der Waals surface area contributed by atoms with Crippen LogP contribution in [0, 0.1) is 5.92 Å². The number of hydrogen-bond acceptors (Lipinski definition) is 5. The first-order chi connectivity index (χ1) is 10.9. The van der Waals surface area contributed by atoms with E-state index in [0.29, 0.717) is 16.5 Å². The third kappa shape index (κ3) is 4.06. The quantitative estimate of drug-likeness (QED) is 0.656. The van der Waals surface area contributed by atoms with E-state index in [1.165, 1.54) is 6.92 Å². The number of carboxylic acid groups (broad SMARTS) is 2. The second-order valence-corrected chi connectivity index (χ2v) is 5.15. The van der Waals surface area contributed by atoms with Gasteiger partial charge in [0.25, 0.3) is 0 Å². The predicted octanol–water partition coefficient (Wildman–Crippen LogP) is 1.34. The number of fused-ring (bicyclic) bond motifs is 1. The molecule has 0 radical (unpaired) electrons. The van der Waals surface area contributed by atoms with Gasteiger partial charge in [0.2, 0.25) is 0 Å². The minimum absolute atomic E-state index is 0.0268. The van der Waals surface area contributed by atoms with Gasteiger partial charge in [-0.15, -0.1) is 0 Å². The number of carboxylic acids is 2. The number of aromatic amines is 1. The van der Waals surface area contributed by atoms with Crippen molar-refractivity contribution in [1.82, 2.24) is 10.2 Å². The Hall–Kier alpha value is -2.90. The van der Waals surface area contributed by atoms with Crippen LogP contribution >= 0.6 is 0 Å². The van der Waals surface area contributed by atoms with Gasteiger partial charge >= 0.3 is 17.9 Å². The lowest BCUT2D eigenvalue weighted by molar-refractivity contribution is -0.148. The average Bonchev–Trinajstić information content (AvgIpc) is 2.92. The Kier molecular flexibility index (Phi) is 4.95. The van der Waals surface area contributed by atoms with Gasteiger partial charge in [0.15, 0.2) is 0 Å². The fourth-order valence-electron chi connectivity index (χ4n) is 2.38. The maximum absolute atomic E-state index is 11.3. The Morgan fingerprint density at radius 3 is 2.65 bits per heavy atom. The van der Waals surface area contributed by atoms with Crippen molar-refractivity contribution in [2.45, 2.75) is 26.4 Å². The minimum Gasteiger partial charge on any atom is -0.481 e. The highest BCUT2D eigenvalue weighted by molar-refractivity contribution is 5.84. The lowest BCUT2D eigenvalue weighted by atomic mass is 9.92. The molecule has 0 amide bonds. The van der Waals surface area contributed by atoms with Crippen LogP contribution in [-0.2, 0) is 32.1 Å². The van der Waals surface area contributed by atoms with E-state index in [0.717, 1.165) is 5.52 Å². The van der Waals surface area contributed by atoms with E-state index in [9.17, 15) is 19.5 Å². The van der Waals surface area contributed by atoms with Gasteiger partial charge in [-0.2, -0.15) is 5.10 Å². The zero-order valence-electron chi connectivity index (χ0n) is 12.4. The highest BCUT2D eigenvalue weighted by atomic mass is 16.5. The molecule has 0 unspecified atom stereocenters. The van der Waals surface area contributed by atoms with Crippen LogP contribution in [0.25, 0.3) is 10.9 Å². The number of nitrogens with one attached hydrogen (secondary N) is 1. The number of benzene rings is 1. The van der Waals surface area contributed by atoms with Gasteiger partial charge < -0.3 is 14.9 Å². The number of ether oxygens (including phenoxy) is 1. The summed E-state index contributed by atoms with van der Waals surface area (Å²) >= 11 is 0. The molecule has 2 rings (SSSR count).